The molecule has 0 aromatic rings. The van der Waals surface area contributed by atoms with E-state index in [0.29, 0.717) is 32.2 Å². The second-order valence-corrected chi connectivity index (χ2v) is 14.1. The maximum atomic E-state index is 12.6. The summed E-state index contributed by atoms with van der Waals surface area (Å²) in [6, 6.07) is -0.860. The van der Waals surface area contributed by atoms with Crippen LogP contribution >= 0.6 is 0 Å². The van der Waals surface area contributed by atoms with Gasteiger partial charge in [0, 0.05) is 12.8 Å². The summed E-state index contributed by atoms with van der Waals surface area (Å²) in [4.78, 5) is 36.1. The zero-order chi connectivity index (χ0) is 35.3. The molecular weight excluding hydrogens is 600 g/mol. The van der Waals surface area contributed by atoms with Crippen LogP contribution in [0.5, 0.6) is 0 Å². The van der Waals surface area contributed by atoms with Crippen molar-refractivity contribution in [3.05, 3.63) is 12.2 Å². The van der Waals surface area contributed by atoms with Crippen molar-refractivity contribution in [2.45, 2.75) is 225 Å². The van der Waals surface area contributed by atoms with E-state index in [2.05, 4.69) is 31.3 Å². The number of esters is 1. The minimum absolute atomic E-state index is 0.00710. The monoisotopic (exact) mass is 679 g/mol. The van der Waals surface area contributed by atoms with E-state index in [1.807, 2.05) is 0 Å². The summed E-state index contributed by atoms with van der Waals surface area (Å²) in [5, 5.41) is 11.9. The Bertz CT molecular complexity index is 772. The number of allylic oxidation sites excluding steroid dienone is 2. The zero-order valence-corrected chi connectivity index (χ0v) is 31.6. The summed E-state index contributed by atoms with van der Waals surface area (Å²) in [5.74, 6) is -1.27. The van der Waals surface area contributed by atoms with Crippen LogP contribution in [0.1, 0.15) is 213 Å². The molecule has 7 nitrogen and oxygen atoms in total. The van der Waals surface area contributed by atoms with Gasteiger partial charge in [-0.1, -0.05) is 135 Å². The predicted molar refractivity (Wildman–Crippen MR) is 202 cm³/mol. The highest BCUT2D eigenvalue weighted by molar-refractivity contribution is 5.83. The van der Waals surface area contributed by atoms with Crippen molar-refractivity contribution >= 4 is 17.8 Å². The third kappa shape index (κ3) is 32.6. The molecule has 0 aromatic carbocycles. The molecule has 0 aromatic heterocycles. The van der Waals surface area contributed by atoms with Crippen LogP contribution in [-0.2, 0) is 19.1 Å². The molecule has 0 rings (SSSR count). The molecule has 7 heteroatoms. The van der Waals surface area contributed by atoms with Crippen LogP contribution in [0, 0.1) is 0 Å². The van der Waals surface area contributed by atoms with Gasteiger partial charge in [0.1, 0.15) is 12.1 Å². The standard InChI is InChI=1S/C41H78N2O5/c1-3-5-7-9-10-11-12-13-14-15-16-17-18-19-20-21-22-23-29-35-40(45)48-37(31-26-8-6-4-2)32-27-24-25-28-34-39(44)43-38(41(46)47)33-30-36-42/h13-14,37-38H,3-12,15-36,42H2,1-2H3,(H,43,44)(H,46,47)/b14-13-. The number of nitrogens with one attached hydrogen (secondary N) is 1. The van der Waals surface area contributed by atoms with Gasteiger partial charge in [0.15, 0.2) is 0 Å². The molecule has 0 fully saturated rings. The van der Waals surface area contributed by atoms with Crippen LogP contribution in [-0.4, -0.2) is 41.6 Å². The topological polar surface area (TPSA) is 119 Å². The van der Waals surface area contributed by atoms with E-state index in [4.69, 9.17) is 10.5 Å². The van der Waals surface area contributed by atoms with Gasteiger partial charge in [-0.3, -0.25) is 9.59 Å². The number of ether oxygens (including phenoxy) is 1. The van der Waals surface area contributed by atoms with Gasteiger partial charge in [-0.05, 0) is 83.6 Å². The first-order chi connectivity index (χ1) is 23.4. The first-order valence-electron chi connectivity index (χ1n) is 20.5. The number of rotatable bonds is 37. The number of carboxylic acid groups (broad SMARTS) is 1. The van der Waals surface area contributed by atoms with E-state index >= 15 is 0 Å². The Balaban J connectivity index is 3.94. The Morgan fingerprint density at radius 1 is 0.583 bits per heavy atom. The highest BCUT2D eigenvalue weighted by Crippen LogP contribution is 2.18. The molecule has 282 valence electrons. The average Bonchev–Trinajstić information content (AvgIpc) is 3.07. The van der Waals surface area contributed by atoms with E-state index in [-0.39, 0.29) is 18.0 Å². The summed E-state index contributed by atoms with van der Waals surface area (Å²) >= 11 is 0. The van der Waals surface area contributed by atoms with E-state index in [1.54, 1.807) is 0 Å². The molecule has 0 saturated carbocycles. The lowest BCUT2D eigenvalue weighted by Gasteiger charge is -2.18. The van der Waals surface area contributed by atoms with Crippen molar-refractivity contribution in [2.24, 2.45) is 5.73 Å². The second kappa shape index (κ2) is 36.4. The lowest BCUT2D eigenvalue weighted by Crippen LogP contribution is -2.40. The fourth-order valence-electron chi connectivity index (χ4n) is 6.21. The highest BCUT2D eigenvalue weighted by Gasteiger charge is 2.19. The molecule has 1 amide bonds. The van der Waals surface area contributed by atoms with E-state index in [9.17, 15) is 19.5 Å². The van der Waals surface area contributed by atoms with Crippen LogP contribution in [0.2, 0.25) is 0 Å². The number of unbranched alkanes of at least 4 members (excludes halogenated alkanes) is 21. The van der Waals surface area contributed by atoms with Gasteiger partial charge in [-0.2, -0.15) is 0 Å². The maximum Gasteiger partial charge on any atom is 0.326 e. The lowest BCUT2D eigenvalue weighted by molar-refractivity contribution is -0.150. The largest absolute Gasteiger partial charge is 0.480 e. The van der Waals surface area contributed by atoms with Crippen LogP contribution in [0.3, 0.4) is 0 Å². The minimum Gasteiger partial charge on any atom is -0.480 e. The zero-order valence-electron chi connectivity index (χ0n) is 31.6. The average molecular weight is 679 g/mol. The third-order valence-electron chi connectivity index (χ3n) is 9.33. The Hall–Kier alpha value is -1.89. The third-order valence-corrected chi connectivity index (χ3v) is 9.33. The first-order valence-corrected chi connectivity index (χ1v) is 20.5. The molecule has 2 unspecified atom stereocenters. The number of hydrogen-bond acceptors (Lipinski definition) is 5. The fraction of sp³-hybridized carbons (Fsp3) is 0.878. The second-order valence-electron chi connectivity index (χ2n) is 14.1. The molecule has 0 saturated heterocycles. The molecule has 0 heterocycles. The predicted octanol–water partition coefficient (Wildman–Crippen LogP) is 11.1. The van der Waals surface area contributed by atoms with Gasteiger partial charge in [0.2, 0.25) is 5.91 Å². The summed E-state index contributed by atoms with van der Waals surface area (Å²) in [7, 11) is 0. The molecule has 48 heavy (non-hydrogen) atoms. The van der Waals surface area contributed by atoms with Crippen LogP contribution in [0.15, 0.2) is 12.2 Å². The van der Waals surface area contributed by atoms with E-state index in [1.165, 1.54) is 116 Å². The number of hydrogen-bond donors (Lipinski definition) is 3. The summed E-state index contributed by atoms with van der Waals surface area (Å²) in [6.45, 7) is 4.89. The molecular formula is C41H78N2O5. The molecule has 0 aliphatic carbocycles. The van der Waals surface area contributed by atoms with Gasteiger partial charge < -0.3 is 20.9 Å². The molecule has 0 aliphatic heterocycles. The van der Waals surface area contributed by atoms with Gasteiger partial charge in [-0.15, -0.1) is 0 Å². The quantitative estimate of drug-likeness (QED) is 0.0342. The van der Waals surface area contributed by atoms with Crippen molar-refractivity contribution in [1.82, 2.24) is 5.32 Å². The van der Waals surface area contributed by atoms with Crippen molar-refractivity contribution in [3.8, 4) is 0 Å². The summed E-state index contributed by atoms with van der Waals surface area (Å²) in [6.07, 6.45) is 38.5. The number of carbonyl (C=O) groups excluding carboxylic acids is 2. The Morgan fingerprint density at radius 3 is 1.52 bits per heavy atom. The highest BCUT2D eigenvalue weighted by atomic mass is 16.5. The van der Waals surface area contributed by atoms with Gasteiger partial charge in [-0.25, -0.2) is 4.79 Å². The molecule has 0 radical (unpaired) electrons. The van der Waals surface area contributed by atoms with Gasteiger partial charge >= 0.3 is 11.9 Å². The van der Waals surface area contributed by atoms with Crippen LogP contribution < -0.4 is 11.1 Å². The van der Waals surface area contributed by atoms with Crippen molar-refractivity contribution < 1.29 is 24.2 Å². The first kappa shape index (κ1) is 46.1. The van der Waals surface area contributed by atoms with Crippen molar-refractivity contribution in [2.75, 3.05) is 6.54 Å². The van der Waals surface area contributed by atoms with Crippen LogP contribution in [0.4, 0.5) is 0 Å². The maximum absolute atomic E-state index is 12.6. The molecule has 0 spiro atoms. The lowest BCUT2D eigenvalue weighted by atomic mass is 10.0. The van der Waals surface area contributed by atoms with Gasteiger partial charge in [0.25, 0.3) is 0 Å². The number of carbonyl (C=O) groups is 3. The van der Waals surface area contributed by atoms with Crippen molar-refractivity contribution in [1.29, 1.82) is 0 Å². The molecule has 0 bridgehead atoms. The fourth-order valence-corrected chi connectivity index (χ4v) is 6.21. The van der Waals surface area contributed by atoms with Crippen molar-refractivity contribution in [3.63, 3.8) is 0 Å². The Labute approximate surface area is 296 Å². The minimum atomic E-state index is -1.01. The molecule has 4 N–H and O–H groups in total. The Morgan fingerprint density at radius 2 is 1.02 bits per heavy atom. The smallest absolute Gasteiger partial charge is 0.326 e. The number of amides is 1. The number of carboxylic acids is 1. The normalized spacial score (nSPS) is 12.7. The van der Waals surface area contributed by atoms with Gasteiger partial charge in [0.05, 0.1) is 0 Å². The summed E-state index contributed by atoms with van der Waals surface area (Å²) < 4.78 is 5.94. The van der Waals surface area contributed by atoms with E-state index < -0.39 is 12.0 Å². The van der Waals surface area contributed by atoms with E-state index in [0.717, 1.165) is 57.8 Å². The number of aliphatic carboxylic acids is 1. The Kier molecular flexibility index (Phi) is 35.0. The molecule has 2 atom stereocenters. The number of nitrogens with two attached hydrogens (primary N) is 1. The SMILES string of the molecule is CCCCCCCC/C=C\CCCCCCCCCCCC(=O)OC(CCCCCC)CCCCCCC(=O)NC(CCCN)C(=O)O. The molecule has 0 aliphatic rings. The van der Waals surface area contributed by atoms with Crippen LogP contribution in [0.25, 0.3) is 0 Å². The summed E-state index contributed by atoms with van der Waals surface area (Å²) in [5.41, 5.74) is 5.47.